The number of pyridine rings is 1. The first-order valence-corrected chi connectivity index (χ1v) is 10.5. The van der Waals surface area contributed by atoms with Gasteiger partial charge in [-0.15, -0.1) is 0 Å². The molecule has 2 rings (SSSR count). The molecule has 1 aromatic heterocycles. The number of carbonyl (C=O) groups is 2. The van der Waals surface area contributed by atoms with E-state index in [1.54, 1.807) is 46.8 Å². The van der Waals surface area contributed by atoms with E-state index in [2.05, 4.69) is 20.9 Å². The van der Waals surface area contributed by atoms with Crippen LogP contribution in [0.3, 0.4) is 0 Å². The summed E-state index contributed by atoms with van der Waals surface area (Å²) in [6.45, 7) is 8.61. The average molecular weight is 483 g/mol. The van der Waals surface area contributed by atoms with E-state index >= 15 is 0 Å². The van der Waals surface area contributed by atoms with Crippen molar-refractivity contribution in [3.8, 4) is 11.1 Å². The molecule has 0 fully saturated rings. The van der Waals surface area contributed by atoms with Crippen LogP contribution in [0, 0.1) is 13.8 Å². The van der Waals surface area contributed by atoms with Crippen LogP contribution in [0.4, 0.5) is 0 Å². The number of hydrogen-bond donors (Lipinski definition) is 2. The van der Waals surface area contributed by atoms with Crippen LogP contribution in [0.1, 0.15) is 53.6 Å². The van der Waals surface area contributed by atoms with Gasteiger partial charge in [-0.25, -0.2) is 4.98 Å². The Kier molecular flexibility index (Phi) is 7.25. The van der Waals surface area contributed by atoms with Crippen molar-refractivity contribution in [3.63, 3.8) is 0 Å². The summed E-state index contributed by atoms with van der Waals surface area (Å²) < 4.78 is 0. The summed E-state index contributed by atoms with van der Waals surface area (Å²) in [7, 11) is 0. The summed E-state index contributed by atoms with van der Waals surface area (Å²) in [6, 6.07) is 5.30. The van der Waals surface area contributed by atoms with Crippen LogP contribution in [0.15, 0.2) is 18.2 Å². The highest BCUT2D eigenvalue weighted by molar-refractivity contribution is 9.10. The minimum Gasteiger partial charge on any atom is -0.481 e. The number of hydrogen-bond acceptors (Lipinski definition) is 4. The number of rotatable bonds is 7. The fourth-order valence-electron chi connectivity index (χ4n) is 3.42. The normalized spacial score (nSPS) is 12.7. The number of halogens is 2. The molecule has 0 radical (unpaired) electrons. The van der Waals surface area contributed by atoms with Gasteiger partial charge in [0.1, 0.15) is 5.69 Å². The molecule has 29 heavy (non-hydrogen) atoms. The van der Waals surface area contributed by atoms with E-state index in [1.165, 1.54) is 0 Å². The zero-order valence-electron chi connectivity index (χ0n) is 17.1. The van der Waals surface area contributed by atoms with E-state index in [9.17, 15) is 19.8 Å². The molecule has 1 atom stereocenters. The van der Waals surface area contributed by atoms with Gasteiger partial charge in [0.2, 0.25) is 0 Å². The number of aryl methyl sites for hydroxylation is 1. The Hall–Kier alpha value is -1.76. The Balaban J connectivity index is 2.89. The molecule has 156 valence electrons. The second-order valence-electron chi connectivity index (χ2n) is 7.87. The van der Waals surface area contributed by atoms with Crippen molar-refractivity contribution >= 4 is 39.3 Å². The van der Waals surface area contributed by atoms with E-state index in [0.29, 0.717) is 39.5 Å². The van der Waals surface area contributed by atoms with Crippen molar-refractivity contribution in [1.29, 1.82) is 0 Å². The lowest BCUT2D eigenvalue weighted by molar-refractivity contribution is -0.136. The number of aliphatic carboxylic acids is 1. The van der Waals surface area contributed by atoms with Crippen LogP contribution in [0.25, 0.3) is 11.1 Å². The number of aromatic nitrogens is 1. The number of nitrogens with zero attached hydrogens (tertiary/aromatic N) is 1. The largest absolute Gasteiger partial charge is 0.481 e. The zero-order chi connectivity index (χ0) is 22.1. The number of aliphatic hydroxyl groups is 1. The highest BCUT2D eigenvalue weighted by Gasteiger charge is 2.26. The van der Waals surface area contributed by atoms with Gasteiger partial charge in [-0.3, -0.25) is 9.59 Å². The monoisotopic (exact) mass is 481 g/mol. The molecule has 1 aromatic carbocycles. The van der Waals surface area contributed by atoms with Gasteiger partial charge >= 0.3 is 5.97 Å². The maximum absolute atomic E-state index is 12.7. The van der Waals surface area contributed by atoms with Crippen molar-refractivity contribution < 1.29 is 19.8 Å². The lowest BCUT2D eigenvalue weighted by Gasteiger charge is -2.23. The van der Waals surface area contributed by atoms with Crippen molar-refractivity contribution in [2.24, 2.45) is 0 Å². The minimum absolute atomic E-state index is 0.174. The van der Waals surface area contributed by atoms with Gasteiger partial charge in [-0.05, 0) is 74.6 Å². The molecule has 2 aromatic rings. The van der Waals surface area contributed by atoms with E-state index < -0.39 is 16.4 Å². The number of ketones is 1. The number of benzene rings is 1. The molecular weight excluding hydrogens is 458 g/mol. The van der Waals surface area contributed by atoms with Crippen LogP contribution >= 0.6 is 27.5 Å². The van der Waals surface area contributed by atoms with Gasteiger partial charge in [0.25, 0.3) is 0 Å². The summed E-state index contributed by atoms with van der Waals surface area (Å²) in [4.78, 5) is 28.3. The molecule has 0 amide bonds. The second kappa shape index (κ2) is 8.94. The summed E-state index contributed by atoms with van der Waals surface area (Å²) in [5.41, 5.74) is 3.14. The number of alkyl halides is 1. The quantitative estimate of drug-likeness (QED) is 0.432. The summed E-state index contributed by atoms with van der Waals surface area (Å²) in [5.74, 6) is -1.16. The average Bonchev–Trinajstić information content (AvgIpc) is 2.56. The molecule has 2 N–H and O–H groups in total. The Labute approximate surface area is 184 Å². The lowest BCUT2D eigenvalue weighted by Crippen LogP contribution is -2.23. The molecule has 0 aliphatic heterocycles. The predicted molar refractivity (Wildman–Crippen MR) is 118 cm³/mol. The van der Waals surface area contributed by atoms with Gasteiger partial charge in [-0.1, -0.05) is 33.6 Å². The Morgan fingerprint density at radius 1 is 1.28 bits per heavy atom. The molecule has 1 unspecified atom stereocenters. The van der Waals surface area contributed by atoms with E-state index in [0.717, 1.165) is 11.1 Å². The third kappa shape index (κ3) is 5.65. The van der Waals surface area contributed by atoms with Crippen LogP contribution in [-0.2, 0) is 17.6 Å². The summed E-state index contributed by atoms with van der Waals surface area (Å²) >= 11 is 9.51. The molecule has 0 spiro atoms. The van der Waals surface area contributed by atoms with Crippen molar-refractivity contribution in [2.45, 2.75) is 57.9 Å². The first-order chi connectivity index (χ1) is 13.3. The van der Waals surface area contributed by atoms with Gasteiger partial charge in [0.05, 0.1) is 16.8 Å². The first-order valence-electron chi connectivity index (χ1n) is 9.23. The van der Waals surface area contributed by atoms with Gasteiger partial charge in [0, 0.05) is 17.1 Å². The zero-order valence-corrected chi connectivity index (χ0v) is 19.5. The van der Waals surface area contributed by atoms with Crippen molar-refractivity contribution in [3.05, 3.63) is 51.3 Å². The number of Topliss-reactive ketones (excluding diaryl/α,β-unsaturated/α-hetero) is 1. The van der Waals surface area contributed by atoms with E-state index in [4.69, 9.17) is 11.6 Å². The molecule has 1 heterocycles. The number of carbonyl (C=O) groups excluding carboxylic acids is 1. The standard InChI is InChI=1S/C22H25BrClNO4/c1-11-19(16-7-6-15(24)8-14(16)10-22(4,5)29)17(9-18(26)27)13(3)25-20(11)21(28)12(2)23/h6-8,12,29H,9-10H2,1-5H3,(H,26,27). The molecule has 5 nitrogen and oxygen atoms in total. The fraction of sp³-hybridized carbons (Fsp3) is 0.409. The van der Waals surface area contributed by atoms with Gasteiger partial charge < -0.3 is 10.2 Å². The molecule has 7 heteroatoms. The second-order valence-corrected chi connectivity index (χ2v) is 9.68. The van der Waals surface area contributed by atoms with E-state index in [1.807, 2.05) is 6.07 Å². The fourth-order valence-corrected chi connectivity index (χ4v) is 3.84. The molecule has 0 bridgehead atoms. The Morgan fingerprint density at radius 2 is 1.90 bits per heavy atom. The third-order valence-corrected chi connectivity index (χ3v) is 5.28. The van der Waals surface area contributed by atoms with Crippen LogP contribution in [0.5, 0.6) is 0 Å². The maximum Gasteiger partial charge on any atom is 0.307 e. The summed E-state index contributed by atoms with van der Waals surface area (Å²) in [5, 5.41) is 20.3. The minimum atomic E-state index is -0.995. The highest BCUT2D eigenvalue weighted by Crippen LogP contribution is 2.36. The SMILES string of the molecule is Cc1nc(C(=O)C(C)Br)c(C)c(-c2ccc(Cl)cc2CC(C)(C)O)c1CC(=O)O. The molecule has 0 aliphatic carbocycles. The van der Waals surface area contributed by atoms with Gasteiger partial charge in [-0.2, -0.15) is 0 Å². The molecule has 0 saturated heterocycles. The Bertz CT molecular complexity index is 964. The molecule has 0 aliphatic rings. The predicted octanol–water partition coefficient (Wildman–Crippen LogP) is 4.93. The van der Waals surface area contributed by atoms with Crippen LogP contribution < -0.4 is 0 Å². The topological polar surface area (TPSA) is 87.5 Å². The summed E-state index contributed by atoms with van der Waals surface area (Å²) in [6.07, 6.45) is 0.0896. The van der Waals surface area contributed by atoms with Crippen LogP contribution in [0.2, 0.25) is 5.02 Å². The number of carboxylic acids is 1. The van der Waals surface area contributed by atoms with Gasteiger partial charge in [0.15, 0.2) is 5.78 Å². The molecular formula is C22H25BrClNO4. The Morgan fingerprint density at radius 3 is 2.41 bits per heavy atom. The first kappa shape index (κ1) is 23.5. The van der Waals surface area contributed by atoms with Crippen LogP contribution in [-0.4, -0.2) is 37.4 Å². The highest BCUT2D eigenvalue weighted by atomic mass is 79.9. The third-order valence-electron chi connectivity index (χ3n) is 4.63. The van der Waals surface area contributed by atoms with Crippen molar-refractivity contribution in [2.75, 3.05) is 0 Å². The number of carboxylic acid groups (broad SMARTS) is 1. The maximum atomic E-state index is 12.7. The lowest BCUT2D eigenvalue weighted by atomic mass is 9.85. The van der Waals surface area contributed by atoms with E-state index in [-0.39, 0.29) is 12.2 Å². The smallest absolute Gasteiger partial charge is 0.307 e. The van der Waals surface area contributed by atoms with Crippen molar-refractivity contribution in [1.82, 2.24) is 4.98 Å². The molecule has 0 saturated carbocycles.